The molecule has 0 bridgehead atoms. The van der Waals surface area contributed by atoms with Gasteiger partial charge in [0.1, 0.15) is 11.6 Å². The molecule has 1 fully saturated rings. The van der Waals surface area contributed by atoms with Gasteiger partial charge in [0.25, 0.3) is 0 Å². The van der Waals surface area contributed by atoms with Crippen molar-refractivity contribution in [1.29, 1.82) is 0 Å². The van der Waals surface area contributed by atoms with Crippen molar-refractivity contribution in [2.45, 2.75) is 12.8 Å². The van der Waals surface area contributed by atoms with Gasteiger partial charge in [-0.25, -0.2) is 8.78 Å². The average Bonchev–Trinajstić information content (AvgIpc) is 2.69. The Morgan fingerprint density at radius 2 is 1.69 bits per heavy atom. The molecule has 0 amide bonds. The van der Waals surface area contributed by atoms with Crippen molar-refractivity contribution in [3.63, 3.8) is 0 Å². The minimum absolute atomic E-state index is 0.511. The van der Waals surface area contributed by atoms with E-state index < -0.39 is 11.6 Å². The van der Waals surface area contributed by atoms with Crippen LogP contribution in [0.3, 0.4) is 0 Å². The van der Waals surface area contributed by atoms with Crippen LogP contribution in [0.15, 0.2) is 18.2 Å². The number of rotatable bonds is 4. The zero-order valence-corrected chi connectivity index (χ0v) is 9.18. The molecule has 1 heterocycles. The van der Waals surface area contributed by atoms with Gasteiger partial charge < -0.3 is 10.2 Å². The van der Waals surface area contributed by atoms with Gasteiger partial charge in [0.2, 0.25) is 0 Å². The summed E-state index contributed by atoms with van der Waals surface area (Å²) >= 11 is 0. The summed E-state index contributed by atoms with van der Waals surface area (Å²) in [6.45, 7) is 3.93. The number of nitrogens with one attached hydrogen (secondary N) is 1. The van der Waals surface area contributed by atoms with Crippen LogP contribution in [0.1, 0.15) is 12.8 Å². The van der Waals surface area contributed by atoms with E-state index >= 15 is 0 Å². The molecule has 0 unspecified atom stereocenters. The third-order valence-electron chi connectivity index (χ3n) is 2.82. The SMILES string of the molecule is Fc1cc(F)cc(NCCN2CCCC2)c1. The maximum atomic E-state index is 12.9. The van der Waals surface area contributed by atoms with E-state index in [1.807, 2.05) is 0 Å². The fourth-order valence-corrected chi connectivity index (χ4v) is 2.02. The number of halogens is 2. The third kappa shape index (κ3) is 3.17. The average molecular weight is 226 g/mol. The Balaban J connectivity index is 1.80. The van der Waals surface area contributed by atoms with E-state index in [0.29, 0.717) is 5.69 Å². The summed E-state index contributed by atoms with van der Waals surface area (Å²) in [5, 5.41) is 3.03. The molecule has 0 saturated carbocycles. The first kappa shape index (κ1) is 11.3. The van der Waals surface area contributed by atoms with Crippen molar-refractivity contribution >= 4 is 5.69 Å². The van der Waals surface area contributed by atoms with Crippen LogP contribution in [0.5, 0.6) is 0 Å². The lowest BCUT2D eigenvalue weighted by atomic mass is 10.3. The van der Waals surface area contributed by atoms with Gasteiger partial charge >= 0.3 is 0 Å². The second kappa shape index (κ2) is 5.25. The van der Waals surface area contributed by atoms with Crippen molar-refractivity contribution in [2.75, 3.05) is 31.5 Å². The minimum Gasteiger partial charge on any atom is -0.384 e. The molecule has 4 heteroatoms. The van der Waals surface area contributed by atoms with Crippen LogP contribution in [-0.4, -0.2) is 31.1 Å². The van der Waals surface area contributed by atoms with Crippen molar-refractivity contribution in [1.82, 2.24) is 4.90 Å². The highest BCUT2D eigenvalue weighted by atomic mass is 19.1. The number of hydrogen-bond donors (Lipinski definition) is 1. The number of likely N-dealkylation sites (tertiary alicyclic amines) is 1. The fraction of sp³-hybridized carbons (Fsp3) is 0.500. The molecule has 0 radical (unpaired) electrons. The Hall–Kier alpha value is -1.16. The molecular weight excluding hydrogens is 210 g/mol. The van der Waals surface area contributed by atoms with Crippen LogP contribution in [0, 0.1) is 11.6 Å². The second-order valence-corrected chi connectivity index (χ2v) is 4.13. The Bertz CT molecular complexity index is 329. The predicted molar refractivity (Wildman–Crippen MR) is 60.5 cm³/mol. The van der Waals surface area contributed by atoms with E-state index in [0.717, 1.165) is 32.2 Å². The zero-order valence-electron chi connectivity index (χ0n) is 9.18. The van der Waals surface area contributed by atoms with Gasteiger partial charge in [-0.1, -0.05) is 0 Å². The molecule has 16 heavy (non-hydrogen) atoms. The standard InChI is InChI=1S/C12H16F2N2/c13-10-7-11(14)9-12(8-10)15-3-6-16-4-1-2-5-16/h7-9,15H,1-6H2. The van der Waals surface area contributed by atoms with Gasteiger partial charge in [-0.3, -0.25) is 0 Å². The lowest BCUT2D eigenvalue weighted by Crippen LogP contribution is -2.25. The highest BCUT2D eigenvalue weighted by Crippen LogP contribution is 2.13. The summed E-state index contributed by atoms with van der Waals surface area (Å²) in [7, 11) is 0. The smallest absolute Gasteiger partial charge is 0.128 e. The normalized spacial score (nSPS) is 16.6. The van der Waals surface area contributed by atoms with E-state index in [1.54, 1.807) is 0 Å². The van der Waals surface area contributed by atoms with E-state index in [2.05, 4.69) is 10.2 Å². The molecule has 1 aliphatic rings. The van der Waals surface area contributed by atoms with Crippen molar-refractivity contribution < 1.29 is 8.78 Å². The summed E-state index contributed by atoms with van der Waals surface area (Å²) < 4.78 is 25.7. The van der Waals surface area contributed by atoms with Crippen molar-refractivity contribution in [2.24, 2.45) is 0 Å². The van der Waals surface area contributed by atoms with Crippen LogP contribution >= 0.6 is 0 Å². The molecule has 1 N–H and O–H groups in total. The monoisotopic (exact) mass is 226 g/mol. The Kier molecular flexibility index (Phi) is 3.72. The largest absolute Gasteiger partial charge is 0.384 e. The first-order valence-corrected chi connectivity index (χ1v) is 5.66. The van der Waals surface area contributed by atoms with Gasteiger partial charge in [-0.05, 0) is 38.1 Å². The van der Waals surface area contributed by atoms with Crippen LogP contribution in [0.25, 0.3) is 0 Å². The topological polar surface area (TPSA) is 15.3 Å². The minimum atomic E-state index is -0.538. The van der Waals surface area contributed by atoms with Crippen LogP contribution in [0.4, 0.5) is 14.5 Å². The maximum absolute atomic E-state index is 12.9. The van der Waals surface area contributed by atoms with E-state index in [4.69, 9.17) is 0 Å². The lowest BCUT2D eigenvalue weighted by molar-refractivity contribution is 0.352. The second-order valence-electron chi connectivity index (χ2n) is 4.13. The first-order chi connectivity index (χ1) is 7.74. The summed E-state index contributed by atoms with van der Waals surface area (Å²) in [4.78, 5) is 2.35. The van der Waals surface area contributed by atoms with Crippen LogP contribution in [-0.2, 0) is 0 Å². The van der Waals surface area contributed by atoms with Crippen molar-refractivity contribution in [3.05, 3.63) is 29.8 Å². The molecule has 0 aliphatic carbocycles. The van der Waals surface area contributed by atoms with Gasteiger partial charge in [0.05, 0.1) is 0 Å². The predicted octanol–water partition coefficient (Wildman–Crippen LogP) is 2.47. The molecule has 2 nitrogen and oxygen atoms in total. The third-order valence-corrected chi connectivity index (χ3v) is 2.82. The highest BCUT2D eigenvalue weighted by Gasteiger charge is 2.10. The summed E-state index contributed by atoms with van der Waals surface area (Å²) in [6, 6.07) is 3.51. The maximum Gasteiger partial charge on any atom is 0.128 e. The Labute approximate surface area is 94.3 Å². The van der Waals surface area contributed by atoms with E-state index in [-0.39, 0.29) is 0 Å². The number of anilines is 1. The molecule has 1 aliphatic heterocycles. The molecule has 88 valence electrons. The van der Waals surface area contributed by atoms with Gasteiger partial charge in [0.15, 0.2) is 0 Å². The summed E-state index contributed by atoms with van der Waals surface area (Å²) in [5.41, 5.74) is 0.511. The zero-order chi connectivity index (χ0) is 11.4. The summed E-state index contributed by atoms with van der Waals surface area (Å²) in [6.07, 6.45) is 2.52. The van der Waals surface area contributed by atoms with Gasteiger partial charge in [-0.2, -0.15) is 0 Å². The van der Waals surface area contributed by atoms with Crippen LogP contribution in [0.2, 0.25) is 0 Å². The molecular formula is C12H16F2N2. The molecule has 0 spiro atoms. The lowest BCUT2D eigenvalue weighted by Gasteiger charge is -2.15. The first-order valence-electron chi connectivity index (χ1n) is 5.66. The number of nitrogens with zero attached hydrogens (tertiary/aromatic N) is 1. The molecule has 1 aromatic rings. The molecule has 2 rings (SSSR count). The van der Waals surface area contributed by atoms with Gasteiger partial charge in [0, 0.05) is 24.8 Å². The molecule has 1 saturated heterocycles. The van der Waals surface area contributed by atoms with Gasteiger partial charge in [-0.15, -0.1) is 0 Å². The van der Waals surface area contributed by atoms with Crippen LogP contribution < -0.4 is 5.32 Å². The molecule has 0 atom stereocenters. The Morgan fingerprint density at radius 1 is 1.06 bits per heavy atom. The number of hydrogen-bond acceptors (Lipinski definition) is 2. The van der Waals surface area contributed by atoms with E-state index in [1.165, 1.54) is 25.0 Å². The molecule has 1 aromatic carbocycles. The van der Waals surface area contributed by atoms with Crippen molar-refractivity contribution in [3.8, 4) is 0 Å². The Morgan fingerprint density at radius 3 is 2.31 bits per heavy atom. The quantitative estimate of drug-likeness (QED) is 0.848. The van der Waals surface area contributed by atoms with E-state index in [9.17, 15) is 8.78 Å². The number of benzene rings is 1. The fourth-order valence-electron chi connectivity index (χ4n) is 2.02. The highest BCUT2D eigenvalue weighted by molar-refractivity contribution is 5.43. The molecule has 0 aromatic heterocycles. The summed E-state index contributed by atoms with van der Waals surface area (Å²) in [5.74, 6) is -1.08.